The lowest BCUT2D eigenvalue weighted by Gasteiger charge is -2.11. The van der Waals surface area contributed by atoms with Crippen molar-refractivity contribution in [1.29, 1.82) is 0 Å². The van der Waals surface area contributed by atoms with Gasteiger partial charge >= 0.3 is 0 Å². The second kappa shape index (κ2) is 6.73. The fraction of sp³-hybridized carbons (Fsp3) is 0.200. The molecule has 20 heavy (non-hydrogen) atoms. The van der Waals surface area contributed by atoms with Gasteiger partial charge in [0.1, 0.15) is 5.75 Å². The summed E-state index contributed by atoms with van der Waals surface area (Å²) in [6.45, 7) is 0.621. The van der Waals surface area contributed by atoms with Gasteiger partial charge in [-0.15, -0.1) is 0 Å². The average molecular weight is 312 g/mol. The maximum absolute atomic E-state index is 6.10. The fourth-order valence-corrected chi connectivity index (χ4v) is 2.51. The lowest BCUT2D eigenvalue weighted by molar-refractivity contribution is 0.415. The minimum absolute atomic E-state index is 0.501. The van der Waals surface area contributed by atoms with Crippen molar-refractivity contribution < 1.29 is 9.47 Å². The van der Waals surface area contributed by atoms with Gasteiger partial charge in [-0.25, -0.2) is 0 Å². The van der Waals surface area contributed by atoms with Crippen molar-refractivity contribution in [1.82, 2.24) is 0 Å². The number of halogens is 2. The molecule has 0 saturated carbocycles. The molecular weight excluding hydrogens is 297 g/mol. The van der Waals surface area contributed by atoms with Crippen LogP contribution >= 0.6 is 23.2 Å². The molecule has 2 rings (SSSR count). The third-order valence-corrected chi connectivity index (χ3v) is 3.41. The van der Waals surface area contributed by atoms with E-state index in [4.69, 9.17) is 32.7 Å². The van der Waals surface area contributed by atoms with Crippen LogP contribution in [0.3, 0.4) is 0 Å². The van der Waals surface area contributed by atoms with Gasteiger partial charge in [-0.3, -0.25) is 0 Å². The molecule has 0 aliphatic heterocycles. The third kappa shape index (κ3) is 3.50. The SMILES string of the molecule is COc1ccc(NCc2cc(Cl)c(OC)c(Cl)c2)cc1. The van der Waals surface area contributed by atoms with Gasteiger partial charge in [-0.1, -0.05) is 23.2 Å². The van der Waals surface area contributed by atoms with E-state index in [-0.39, 0.29) is 0 Å². The number of benzene rings is 2. The standard InChI is InChI=1S/C15H15Cl2NO2/c1-19-12-5-3-11(4-6-12)18-9-10-7-13(16)15(20-2)14(17)8-10/h3-8,18H,9H2,1-2H3. The first-order valence-corrected chi connectivity index (χ1v) is 6.79. The van der Waals surface area contributed by atoms with Crippen molar-refractivity contribution in [2.45, 2.75) is 6.54 Å². The molecule has 0 aliphatic carbocycles. The van der Waals surface area contributed by atoms with E-state index in [1.807, 2.05) is 36.4 Å². The van der Waals surface area contributed by atoms with Crippen molar-refractivity contribution >= 4 is 28.9 Å². The van der Waals surface area contributed by atoms with Gasteiger partial charge in [-0.05, 0) is 42.0 Å². The molecule has 2 aromatic rings. The summed E-state index contributed by atoms with van der Waals surface area (Å²) in [7, 11) is 3.19. The van der Waals surface area contributed by atoms with Crippen LogP contribution in [-0.4, -0.2) is 14.2 Å². The van der Waals surface area contributed by atoms with Crippen molar-refractivity contribution in [2.75, 3.05) is 19.5 Å². The van der Waals surface area contributed by atoms with E-state index in [1.54, 1.807) is 14.2 Å². The molecule has 0 aromatic heterocycles. The van der Waals surface area contributed by atoms with E-state index in [0.29, 0.717) is 22.3 Å². The number of hydrogen-bond donors (Lipinski definition) is 1. The van der Waals surface area contributed by atoms with Crippen molar-refractivity contribution in [2.24, 2.45) is 0 Å². The fourth-order valence-electron chi connectivity index (χ4n) is 1.82. The Morgan fingerprint density at radius 2 is 1.55 bits per heavy atom. The van der Waals surface area contributed by atoms with Gasteiger partial charge in [0.2, 0.25) is 0 Å². The van der Waals surface area contributed by atoms with Crippen LogP contribution in [0.15, 0.2) is 36.4 Å². The van der Waals surface area contributed by atoms with Crippen LogP contribution in [0.5, 0.6) is 11.5 Å². The third-order valence-electron chi connectivity index (χ3n) is 2.85. The smallest absolute Gasteiger partial charge is 0.156 e. The van der Waals surface area contributed by atoms with Crippen LogP contribution in [0.25, 0.3) is 0 Å². The van der Waals surface area contributed by atoms with Crippen LogP contribution in [0, 0.1) is 0 Å². The molecule has 0 heterocycles. The molecule has 0 aliphatic rings. The molecule has 0 atom stereocenters. The number of rotatable bonds is 5. The van der Waals surface area contributed by atoms with Crippen LogP contribution < -0.4 is 14.8 Å². The Morgan fingerprint density at radius 1 is 0.950 bits per heavy atom. The molecule has 0 amide bonds. The second-order valence-corrected chi connectivity index (χ2v) is 4.99. The Morgan fingerprint density at radius 3 is 2.05 bits per heavy atom. The zero-order chi connectivity index (χ0) is 14.5. The quantitative estimate of drug-likeness (QED) is 0.873. The normalized spacial score (nSPS) is 10.2. The van der Waals surface area contributed by atoms with Crippen molar-refractivity contribution in [3.8, 4) is 11.5 Å². The van der Waals surface area contributed by atoms with E-state index in [0.717, 1.165) is 17.0 Å². The Kier molecular flexibility index (Phi) is 4.99. The number of ether oxygens (including phenoxy) is 2. The number of anilines is 1. The monoisotopic (exact) mass is 311 g/mol. The lowest BCUT2D eigenvalue weighted by atomic mass is 10.2. The Balaban J connectivity index is 2.06. The van der Waals surface area contributed by atoms with Gasteiger partial charge in [0.15, 0.2) is 5.75 Å². The molecule has 2 aromatic carbocycles. The van der Waals surface area contributed by atoms with E-state index in [9.17, 15) is 0 Å². The summed E-state index contributed by atoms with van der Waals surface area (Å²) >= 11 is 12.2. The Bertz CT molecular complexity index is 562. The highest BCUT2D eigenvalue weighted by atomic mass is 35.5. The second-order valence-electron chi connectivity index (χ2n) is 4.17. The molecule has 5 heteroatoms. The predicted octanol–water partition coefficient (Wildman–Crippen LogP) is 4.62. The first-order valence-electron chi connectivity index (χ1n) is 6.04. The summed E-state index contributed by atoms with van der Waals surface area (Å²) < 4.78 is 10.2. The topological polar surface area (TPSA) is 30.5 Å². The summed E-state index contributed by atoms with van der Waals surface area (Å²) in [4.78, 5) is 0. The predicted molar refractivity (Wildman–Crippen MR) is 83.3 cm³/mol. The van der Waals surface area contributed by atoms with Gasteiger partial charge in [0.25, 0.3) is 0 Å². The minimum Gasteiger partial charge on any atom is -0.497 e. The highest BCUT2D eigenvalue weighted by molar-refractivity contribution is 6.37. The molecule has 1 N–H and O–H groups in total. The Hall–Kier alpha value is -1.58. The molecule has 0 fully saturated rings. The van der Waals surface area contributed by atoms with E-state index in [1.165, 1.54) is 0 Å². The number of hydrogen-bond acceptors (Lipinski definition) is 3. The summed E-state index contributed by atoms with van der Waals surface area (Å²) in [5, 5.41) is 4.30. The number of methoxy groups -OCH3 is 2. The van der Waals surface area contributed by atoms with Crippen LogP contribution in [0.4, 0.5) is 5.69 Å². The van der Waals surface area contributed by atoms with Crippen molar-refractivity contribution in [3.63, 3.8) is 0 Å². The molecular formula is C15H15Cl2NO2. The van der Waals surface area contributed by atoms with E-state index >= 15 is 0 Å². The first kappa shape index (κ1) is 14.8. The molecule has 106 valence electrons. The van der Waals surface area contributed by atoms with Crippen LogP contribution in [0.2, 0.25) is 10.0 Å². The van der Waals surface area contributed by atoms with Crippen molar-refractivity contribution in [3.05, 3.63) is 52.0 Å². The molecule has 0 spiro atoms. The Labute approximate surface area is 128 Å². The summed E-state index contributed by atoms with van der Waals surface area (Å²) in [6.07, 6.45) is 0. The average Bonchev–Trinajstić information content (AvgIpc) is 2.45. The van der Waals surface area contributed by atoms with E-state index < -0.39 is 0 Å². The highest BCUT2D eigenvalue weighted by Crippen LogP contribution is 2.34. The van der Waals surface area contributed by atoms with Crippen LogP contribution in [0.1, 0.15) is 5.56 Å². The first-order chi connectivity index (χ1) is 9.63. The number of nitrogens with one attached hydrogen (secondary N) is 1. The molecule has 3 nitrogen and oxygen atoms in total. The molecule has 0 saturated heterocycles. The molecule has 0 unspecified atom stereocenters. The van der Waals surface area contributed by atoms with Gasteiger partial charge in [-0.2, -0.15) is 0 Å². The lowest BCUT2D eigenvalue weighted by Crippen LogP contribution is -2.00. The minimum atomic E-state index is 0.501. The van der Waals surface area contributed by atoms with Crippen LogP contribution in [-0.2, 0) is 6.54 Å². The molecule has 0 radical (unpaired) electrons. The van der Waals surface area contributed by atoms with Gasteiger partial charge in [0, 0.05) is 12.2 Å². The highest BCUT2D eigenvalue weighted by Gasteiger charge is 2.08. The zero-order valence-corrected chi connectivity index (χ0v) is 12.8. The summed E-state index contributed by atoms with van der Waals surface area (Å²) in [6, 6.07) is 11.4. The summed E-state index contributed by atoms with van der Waals surface area (Å²) in [5.41, 5.74) is 1.98. The largest absolute Gasteiger partial charge is 0.497 e. The maximum Gasteiger partial charge on any atom is 0.156 e. The van der Waals surface area contributed by atoms with E-state index in [2.05, 4.69) is 5.32 Å². The zero-order valence-electron chi connectivity index (χ0n) is 11.2. The summed E-state index contributed by atoms with van der Waals surface area (Å²) in [5.74, 6) is 1.33. The van der Waals surface area contributed by atoms with Gasteiger partial charge in [0.05, 0.1) is 24.3 Å². The molecule has 0 bridgehead atoms. The maximum atomic E-state index is 6.10. The van der Waals surface area contributed by atoms with Gasteiger partial charge < -0.3 is 14.8 Å².